The average Bonchev–Trinajstić information content (AvgIpc) is 2.35. The summed E-state index contributed by atoms with van der Waals surface area (Å²) < 4.78 is 0. The van der Waals surface area contributed by atoms with Crippen molar-refractivity contribution in [3.8, 4) is 0 Å². The molecule has 0 saturated carbocycles. The smallest absolute Gasteiger partial charge is 0.0366 e. The zero-order valence-corrected chi connectivity index (χ0v) is 10.6. The highest BCUT2D eigenvalue weighted by Crippen LogP contribution is 2.12. The number of benzene rings is 1. The summed E-state index contributed by atoms with van der Waals surface area (Å²) in [6.45, 7) is 8.89. The second-order valence-electron chi connectivity index (χ2n) is 4.02. The monoisotopic (exact) mass is 220 g/mol. The van der Waals surface area contributed by atoms with Crippen LogP contribution in [0, 0.1) is 0 Å². The summed E-state index contributed by atoms with van der Waals surface area (Å²) in [6, 6.07) is 10.6. The summed E-state index contributed by atoms with van der Waals surface area (Å²) in [5.74, 6) is 0. The van der Waals surface area contributed by atoms with Gasteiger partial charge in [0.2, 0.25) is 0 Å². The second-order valence-corrected chi connectivity index (χ2v) is 4.02. The van der Waals surface area contributed by atoms with Gasteiger partial charge >= 0.3 is 0 Å². The molecule has 90 valence electrons. The molecule has 0 radical (unpaired) electrons. The summed E-state index contributed by atoms with van der Waals surface area (Å²) in [5.41, 5.74) is 1.33. The quantitative estimate of drug-likeness (QED) is 0.678. The van der Waals surface area contributed by atoms with Gasteiger partial charge in [-0.05, 0) is 45.0 Å². The molecule has 0 aliphatic carbocycles. The Morgan fingerprint density at radius 2 is 1.81 bits per heavy atom. The van der Waals surface area contributed by atoms with Crippen LogP contribution in [0.4, 0.5) is 5.69 Å². The topological polar surface area (TPSA) is 15.3 Å². The van der Waals surface area contributed by atoms with Crippen LogP contribution in [0.1, 0.15) is 26.7 Å². The molecule has 1 N–H and O–H groups in total. The van der Waals surface area contributed by atoms with Crippen LogP contribution in [0.3, 0.4) is 0 Å². The van der Waals surface area contributed by atoms with E-state index < -0.39 is 0 Å². The van der Waals surface area contributed by atoms with Crippen LogP contribution in [0.25, 0.3) is 0 Å². The molecule has 2 nitrogen and oxygen atoms in total. The van der Waals surface area contributed by atoms with Gasteiger partial charge in [-0.25, -0.2) is 0 Å². The highest BCUT2D eigenvalue weighted by molar-refractivity contribution is 5.45. The normalized spacial score (nSPS) is 10.4. The molecule has 0 aliphatic rings. The van der Waals surface area contributed by atoms with Crippen LogP contribution in [0.15, 0.2) is 30.3 Å². The minimum Gasteiger partial charge on any atom is -0.372 e. The molecule has 1 aromatic rings. The molecule has 0 amide bonds. The fourth-order valence-corrected chi connectivity index (χ4v) is 1.81. The van der Waals surface area contributed by atoms with Crippen LogP contribution < -0.4 is 10.2 Å². The van der Waals surface area contributed by atoms with Gasteiger partial charge in [0.15, 0.2) is 0 Å². The Labute approximate surface area is 99.7 Å². The van der Waals surface area contributed by atoms with Crippen LogP contribution in [-0.4, -0.2) is 26.2 Å². The van der Waals surface area contributed by atoms with Gasteiger partial charge < -0.3 is 10.2 Å². The Bertz CT molecular complexity index is 259. The molecule has 0 fully saturated rings. The summed E-state index contributed by atoms with van der Waals surface area (Å²) in [7, 11) is 0. The van der Waals surface area contributed by atoms with Gasteiger partial charge in [-0.15, -0.1) is 0 Å². The predicted molar refractivity (Wildman–Crippen MR) is 72.1 cm³/mol. The second kappa shape index (κ2) is 8.17. The van der Waals surface area contributed by atoms with Gasteiger partial charge in [-0.1, -0.05) is 25.1 Å². The molecular weight excluding hydrogens is 196 g/mol. The fraction of sp³-hybridized carbons (Fsp3) is 0.571. The van der Waals surface area contributed by atoms with E-state index in [2.05, 4.69) is 54.4 Å². The first-order chi connectivity index (χ1) is 7.88. The van der Waals surface area contributed by atoms with Gasteiger partial charge in [-0.3, -0.25) is 0 Å². The lowest BCUT2D eigenvalue weighted by Crippen LogP contribution is -2.27. The van der Waals surface area contributed by atoms with Crippen molar-refractivity contribution >= 4 is 5.69 Å². The minimum absolute atomic E-state index is 1.08. The molecule has 0 heterocycles. The number of nitrogens with one attached hydrogen (secondary N) is 1. The Morgan fingerprint density at radius 3 is 2.44 bits per heavy atom. The number of nitrogens with zero attached hydrogens (tertiary/aromatic N) is 1. The van der Waals surface area contributed by atoms with Crippen LogP contribution in [0.2, 0.25) is 0 Å². The summed E-state index contributed by atoms with van der Waals surface area (Å²) in [6.07, 6.45) is 2.43. The number of hydrogen-bond donors (Lipinski definition) is 1. The third-order valence-corrected chi connectivity index (χ3v) is 2.71. The van der Waals surface area contributed by atoms with Crippen molar-refractivity contribution in [1.29, 1.82) is 0 Å². The Morgan fingerprint density at radius 1 is 1.06 bits per heavy atom. The van der Waals surface area contributed by atoms with Gasteiger partial charge in [0, 0.05) is 18.8 Å². The van der Waals surface area contributed by atoms with Gasteiger partial charge in [0.05, 0.1) is 0 Å². The Balaban J connectivity index is 2.27. The molecule has 0 bridgehead atoms. The predicted octanol–water partition coefficient (Wildman–Crippen LogP) is 2.90. The first-order valence-electron chi connectivity index (χ1n) is 6.39. The molecular formula is C14H24N2. The zero-order valence-electron chi connectivity index (χ0n) is 10.6. The molecule has 0 saturated heterocycles. The Hall–Kier alpha value is -1.02. The van der Waals surface area contributed by atoms with Crippen LogP contribution >= 0.6 is 0 Å². The maximum atomic E-state index is 3.44. The zero-order chi connectivity index (χ0) is 11.6. The van der Waals surface area contributed by atoms with Crippen molar-refractivity contribution < 1.29 is 0 Å². The number of rotatable bonds is 8. The molecule has 0 spiro atoms. The van der Waals surface area contributed by atoms with E-state index in [0.29, 0.717) is 0 Å². The van der Waals surface area contributed by atoms with E-state index in [4.69, 9.17) is 0 Å². The molecule has 0 aliphatic heterocycles. The largest absolute Gasteiger partial charge is 0.372 e. The Kier molecular flexibility index (Phi) is 6.66. The van der Waals surface area contributed by atoms with E-state index in [9.17, 15) is 0 Å². The molecule has 0 atom stereocenters. The average molecular weight is 220 g/mol. The molecule has 2 heteroatoms. The van der Waals surface area contributed by atoms with Crippen LogP contribution in [-0.2, 0) is 0 Å². The van der Waals surface area contributed by atoms with E-state index in [-0.39, 0.29) is 0 Å². The van der Waals surface area contributed by atoms with Gasteiger partial charge in [0.1, 0.15) is 0 Å². The van der Waals surface area contributed by atoms with E-state index in [0.717, 1.165) is 26.2 Å². The van der Waals surface area contributed by atoms with E-state index in [1.165, 1.54) is 18.5 Å². The fourth-order valence-electron chi connectivity index (χ4n) is 1.81. The van der Waals surface area contributed by atoms with E-state index in [1.807, 2.05) is 0 Å². The maximum Gasteiger partial charge on any atom is 0.0366 e. The number of anilines is 1. The van der Waals surface area contributed by atoms with Gasteiger partial charge in [0.25, 0.3) is 0 Å². The SMILES string of the molecule is CCCNCCCN(CC)c1ccccc1. The van der Waals surface area contributed by atoms with Crippen molar-refractivity contribution in [3.05, 3.63) is 30.3 Å². The third kappa shape index (κ3) is 4.67. The molecule has 1 aromatic carbocycles. The van der Waals surface area contributed by atoms with Crippen molar-refractivity contribution in [1.82, 2.24) is 5.32 Å². The molecule has 16 heavy (non-hydrogen) atoms. The van der Waals surface area contributed by atoms with Crippen molar-refractivity contribution in [2.45, 2.75) is 26.7 Å². The number of para-hydroxylation sites is 1. The standard InChI is InChI=1S/C14H24N2/c1-3-11-15-12-8-13-16(4-2)14-9-6-5-7-10-14/h5-7,9-10,15H,3-4,8,11-13H2,1-2H3. The lowest BCUT2D eigenvalue weighted by Gasteiger charge is -2.23. The lowest BCUT2D eigenvalue weighted by atomic mass is 10.2. The molecule has 0 aromatic heterocycles. The van der Waals surface area contributed by atoms with Crippen molar-refractivity contribution in [2.75, 3.05) is 31.1 Å². The summed E-state index contributed by atoms with van der Waals surface area (Å²) in [5, 5.41) is 3.44. The summed E-state index contributed by atoms with van der Waals surface area (Å²) >= 11 is 0. The maximum absolute atomic E-state index is 3.44. The molecule has 1 rings (SSSR count). The summed E-state index contributed by atoms with van der Waals surface area (Å²) in [4.78, 5) is 2.42. The minimum atomic E-state index is 1.08. The van der Waals surface area contributed by atoms with Gasteiger partial charge in [-0.2, -0.15) is 0 Å². The van der Waals surface area contributed by atoms with Crippen molar-refractivity contribution in [2.24, 2.45) is 0 Å². The number of hydrogen-bond acceptors (Lipinski definition) is 2. The van der Waals surface area contributed by atoms with E-state index in [1.54, 1.807) is 0 Å². The first kappa shape index (κ1) is 13.0. The highest BCUT2D eigenvalue weighted by Gasteiger charge is 2.01. The first-order valence-corrected chi connectivity index (χ1v) is 6.39. The highest BCUT2D eigenvalue weighted by atomic mass is 15.1. The molecule has 0 unspecified atom stereocenters. The van der Waals surface area contributed by atoms with E-state index >= 15 is 0 Å². The third-order valence-electron chi connectivity index (χ3n) is 2.71. The van der Waals surface area contributed by atoms with Crippen molar-refractivity contribution in [3.63, 3.8) is 0 Å². The van der Waals surface area contributed by atoms with Crippen LogP contribution in [0.5, 0.6) is 0 Å². The lowest BCUT2D eigenvalue weighted by molar-refractivity contribution is 0.629.